The summed E-state index contributed by atoms with van der Waals surface area (Å²) >= 11 is 1.26. The first-order chi connectivity index (χ1) is 6.67. The van der Waals surface area contributed by atoms with Crippen molar-refractivity contribution < 1.29 is 14.7 Å². The summed E-state index contributed by atoms with van der Waals surface area (Å²) in [4.78, 5) is 12.4. The maximum Gasteiger partial charge on any atom is 0.348 e. The van der Waals surface area contributed by atoms with Gasteiger partial charge in [-0.1, -0.05) is 5.16 Å². The van der Waals surface area contributed by atoms with Gasteiger partial charge in [0.15, 0.2) is 0 Å². The lowest BCUT2D eigenvalue weighted by molar-refractivity contribution is 0.0606. The van der Waals surface area contributed by atoms with E-state index in [0.29, 0.717) is 11.3 Å². The van der Waals surface area contributed by atoms with Gasteiger partial charge >= 0.3 is 5.97 Å². The van der Waals surface area contributed by atoms with Crippen molar-refractivity contribution in [2.75, 3.05) is 7.11 Å². The SMILES string of the molecule is COC(=O)c1ccc(C/C(N)=N\O)s1. The summed E-state index contributed by atoms with van der Waals surface area (Å²) in [5.74, 6) is -0.260. The number of ether oxygens (including phenoxy) is 1. The van der Waals surface area contributed by atoms with Crippen molar-refractivity contribution in [1.29, 1.82) is 0 Å². The number of thiophene rings is 1. The van der Waals surface area contributed by atoms with Gasteiger partial charge in [-0.3, -0.25) is 0 Å². The molecule has 0 aromatic carbocycles. The molecule has 0 fully saturated rings. The molecule has 0 spiro atoms. The Morgan fingerprint density at radius 1 is 1.71 bits per heavy atom. The summed E-state index contributed by atoms with van der Waals surface area (Å²) < 4.78 is 4.54. The highest BCUT2D eigenvalue weighted by molar-refractivity contribution is 7.14. The number of rotatable bonds is 3. The fourth-order valence-corrected chi connectivity index (χ4v) is 1.84. The van der Waals surface area contributed by atoms with E-state index in [-0.39, 0.29) is 11.8 Å². The van der Waals surface area contributed by atoms with Crippen molar-refractivity contribution in [3.63, 3.8) is 0 Å². The largest absolute Gasteiger partial charge is 0.465 e. The molecule has 0 aliphatic carbocycles. The number of amidine groups is 1. The average molecular weight is 214 g/mol. The molecule has 1 aromatic rings. The Bertz CT molecular complexity index is 359. The van der Waals surface area contributed by atoms with Crippen molar-refractivity contribution in [2.24, 2.45) is 10.9 Å². The molecule has 1 rings (SSSR count). The number of oxime groups is 1. The summed E-state index contributed by atoms with van der Waals surface area (Å²) in [6, 6.07) is 3.39. The van der Waals surface area contributed by atoms with Gasteiger partial charge in [0.05, 0.1) is 7.11 Å². The third-order valence-electron chi connectivity index (χ3n) is 1.53. The topological polar surface area (TPSA) is 84.9 Å². The summed E-state index contributed by atoms with van der Waals surface area (Å²) in [6.07, 6.45) is 0.332. The normalized spacial score (nSPS) is 11.4. The highest BCUT2D eigenvalue weighted by atomic mass is 32.1. The monoisotopic (exact) mass is 214 g/mol. The smallest absolute Gasteiger partial charge is 0.348 e. The van der Waals surface area contributed by atoms with E-state index in [9.17, 15) is 4.79 Å². The van der Waals surface area contributed by atoms with Gasteiger partial charge in [-0.15, -0.1) is 11.3 Å². The molecule has 1 aromatic heterocycles. The number of hydrogen-bond acceptors (Lipinski definition) is 5. The number of nitrogens with two attached hydrogens (primary N) is 1. The average Bonchev–Trinajstić information content (AvgIpc) is 2.65. The van der Waals surface area contributed by atoms with E-state index in [1.165, 1.54) is 18.4 Å². The standard InChI is InChI=1S/C8H10N2O3S/c1-13-8(11)6-3-2-5(14-6)4-7(9)10-12/h2-3,12H,4H2,1H3,(H2,9,10). The Balaban J connectivity index is 2.73. The van der Waals surface area contributed by atoms with Crippen LogP contribution in [0.1, 0.15) is 14.5 Å². The predicted octanol–water partition coefficient (Wildman–Crippen LogP) is 0.824. The van der Waals surface area contributed by atoms with Crippen LogP contribution in [-0.2, 0) is 11.2 Å². The zero-order valence-corrected chi connectivity index (χ0v) is 8.37. The van der Waals surface area contributed by atoms with Gasteiger partial charge in [0.1, 0.15) is 10.7 Å². The molecule has 0 aliphatic heterocycles. The highest BCUT2D eigenvalue weighted by Crippen LogP contribution is 2.17. The fraction of sp³-hybridized carbons (Fsp3) is 0.250. The van der Waals surface area contributed by atoms with E-state index in [0.717, 1.165) is 4.88 Å². The van der Waals surface area contributed by atoms with Gasteiger partial charge in [-0.25, -0.2) is 4.79 Å². The zero-order valence-electron chi connectivity index (χ0n) is 7.56. The number of nitrogens with zero attached hydrogens (tertiary/aromatic N) is 1. The van der Waals surface area contributed by atoms with E-state index in [1.54, 1.807) is 12.1 Å². The molecule has 5 nitrogen and oxygen atoms in total. The van der Waals surface area contributed by atoms with Crippen LogP contribution < -0.4 is 5.73 Å². The van der Waals surface area contributed by atoms with E-state index in [4.69, 9.17) is 10.9 Å². The summed E-state index contributed by atoms with van der Waals surface area (Å²) in [5.41, 5.74) is 5.31. The molecule has 14 heavy (non-hydrogen) atoms. The number of carbonyl (C=O) groups is 1. The second-order valence-electron chi connectivity index (χ2n) is 2.53. The molecule has 6 heteroatoms. The first-order valence-electron chi connectivity index (χ1n) is 3.80. The van der Waals surface area contributed by atoms with Crippen molar-refractivity contribution in [2.45, 2.75) is 6.42 Å². The second-order valence-corrected chi connectivity index (χ2v) is 3.69. The van der Waals surface area contributed by atoms with Crippen molar-refractivity contribution in [3.8, 4) is 0 Å². The Labute approximate surface area is 84.8 Å². The van der Waals surface area contributed by atoms with Crippen LogP contribution in [0.15, 0.2) is 17.3 Å². The lowest BCUT2D eigenvalue weighted by Crippen LogP contribution is -2.13. The molecule has 3 N–H and O–H groups in total. The highest BCUT2D eigenvalue weighted by Gasteiger charge is 2.09. The quantitative estimate of drug-likeness (QED) is 0.256. The summed E-state index contributed by atoms with van der Waals surface area (Å²) in [6.45, 7) is 0. The van der Waals surface area contributed by atoms with Crippen LogP contribution in [-0.4, -0.2) is 24.1 Å². The van der Waals surface area contributed by atoms with Crippen molar-refractivity contribution in [1.82, 2.24) is 0 Å². The molecule has 0 saturated heterocycles. The predicted molar refractivity (Wildman–Crippen MR) is 52.8 cm³/mol. The van der Waals surface area contributed by atoms with Crippen LogP contribution in [0.5, 0.6) is 0 Å². The third kappa shape index (κ3) is 2.46. The first-order valence-corrected chi connectivity index (χ1v) is 4.62. The lowest BCUT2D eigenvalue weighted by atomic mass is 10.3. The fourth-order valence-electron chi connectivity index (χ4n) is 0.897. The Kier molecular flexibility index (Phi) is 3.47. The molecule has 0 amide bonds. The third-order valence-corrected chi connectivity index (χ3v) is 2.60. The molecule has 1 heterocycles. The molecule has 0 atom stereocenters. The van der Waals surface area contributed by atoms with Gasteiger partial charge in [-0.05, 0) is 12.1 Å². The van der Waals surface area contributed by atoms with E-state index >= 15 is 0 Å². The van der Waals surface area contributed by atoms with Crippen molar-refractivity contribution in [3.05, 3.63) is 21.9 Å². The van der Waals surface area contributed by atoms with Crippen LogP contribution in [0, 0.1) is 0 Å². The molecule has 0 saturated carbocycles. The lowest BCUT2D eigenvalue weighted by Gasteiger charge is -1.94. The molecule has 0 bridgehead atoms. The Hall–Kier alpha value is -1.56. The van der Waals surface area contributed by atoms with Crippen molar-refractivity contribution >= 4 is 23.1 Å². The number of hydrogen-bond donors (Lipinski definition) is 2. The van der Waals surface area contributed by atoms with E-state index < -0.39 is 0 Å². The summed E-state index contributed by atoms with van der Waals surface area (Å²) in [7, 11) is 1.32. The van der Waals surface area contributed by atoms with Gasteiger partial charge in [0, 0.05) is 11.3 Å². The maximum atomic E-state index is 11.1. The number of carbonyl (C=O) groups excluding carboxylic acids is 1. The molecule has 0 unspecified atom stereocenters. The second kappa shape index (κ2) is 4.61. The number of methoxy groups -OCH3 is 1. The number of esters is 1. The Morgan fingerprint density at radius 3 is 3.00 bits per heavy atom. The molecule has 76 valence electrons. The molecular weight excluding hydrogens is 204 g/mol. The molecule has 0 radical (unpaired) electrons. The molecular formula is C8H10N2O3S. The van der Waals surface area contributed by atoms with Crippen LogP contribution in [0.4, 0.5) is 0 Å². The zero-order chi connectivity index (χ0) is 10.6. The van der Waals surface area contributed by atoms with Gasteiger partial charge < -0.3 is 15.7 Å². The van der Waals surface area contributed by atoms with Crippen LogP contribution in [0.2, 0.25) is 0 Å². The van der Waals surface area contributed by atoms with Gasteiger partial charge in [-0.2, -0.15) is 0 Å². The maximum absolute atomic E-state index is 11.1. The van der Waals surface area contributed by atoms with Crippen LogP contribution >= 0.6 is 11.3 Å². The minimum absolute atomic E-state index is 0.114. The Morgan fingerprint density at radius 2 is 2.43 bits per heavy atom. The molecule has 0 aliphatic rings. The first kappa shape index (κ1) is 10.5. The van der Waals surface area contributed by atoms with E-state index in [2.05, 4.69) is 9.89 Å². The van der Waals surface area contributed by atoms with Gasteiger partial charge in [0.25, 0.3) is 0 Å². The minimum atomic E-state index is -0.374. The minimum Gasteiger partial charge on any atom is -0.465 e. The van der Waals surface area contributed by atoms with Crippen LogP contribution in [0.3, 0.4) is 0 Å². The van der Waals surface area contributed by atoms with Crippen LogP contribution in [0.25, 0.3) is 0 Å². The van der Waals surface area contributed by atoms with E-state index in [1.807, 2.05) is 0 Å². The summed E-state index contributed by atoms with van der Waals surface area (Å²) in [5, 5.41) is 11.2. The van der Waals surface area contributed by atoms with Gasteiger partial charge in [0.2, 0.25) is 0 Å².